The van der Waals surface area contributed by atoms with E-state index in [0.717, 1.165) is 13.0 Å². The van der Waals surface area contributed by atoms with Gasteiger partial charge < -0.3 is 19.7 Å². The molecule has 3 rings (SSSR count). The molecule has 2 amide bonds. The number of fused-ring (bicyclic) bond motifs is 1. The Kier molecular flexibility index (Phi) is 5.69. The number of anilines is 1. The molecule has 1 aliphatic heterocycles. The second-order valence-corrected chi connectivity index (χ2v) is 6.83. The summed E-state index contributed by atoms with van der Waals surface area (Å²) in [5.74, 6) is 0.581. The van der Waals surface area contributed by atoms with E-state index in [-0.39, 0.29) is 18.6 Å². The topological polar surface area (TPSA) is 92.8 Å². The first-order valence-electron chi connectivity index (χ1n) is 8.12. The van der Waals surface area contributed by atoms with Crippen molar-refractivity contribution in [3.63, 3.8) is 0 Å². The lowest BCUT2D eigenvalue weighted by atomic mass is 10.2. The minimum atomic E-state index is -0.324. The van der Waals surface area contributed by atoms with Gasteiger partial charge in [-0.15, -0.1) is 11.3 Å². The fraction of sp³-hybridized carbons (Fsp3) is 0.353. The van der Waals surface area contributed by atoms with Gasteiger partial charge in [0, 0.05) is 17.5 Å². The van der Waals surface area contributed by atoms with Crippen LogP contribution in [0.2, 0.25) is 0 Å². The molecule has 0 unspecified atom stereocenters. The first-order chi connectivity index (χ1) is 12.5. The highest BCUT2D eigenvalue weighted by atomic mass is 32.1. The van der Waals surface area contributed by atoms with Crippen LogP contribution < -0.4 is 20.1 Å². The Bertz CT molecular complexity index is 806. The molecular weight excluding hydrogens is 356 g/mol. The Hall–Kier alpha value is -2.65. The van der Waals surface area contributed by atoms with Crippen LogP contribution >= 0.6 is 11.3 Å². The highest BCUT2D eigenvalue weighted by molar-refractivity contribution is 7.14. The van der Waals surface area contributed by atoms with Gasteiger partial charge in [0.25, 0.3) is 11.8 Å². The molecule has 0 radical (unpaired) electrons. The molecule has 0 spiro atoms. The Morgan fingerprint density at radius 3 is 2.85 bits per heavy atom. The van der Waals surface area contributed by atoms with Crippen LogP contribution in [0.3, 0.4) is 0 Å². The zero-order valence-electron chi connectivity index (χ0n) is 14.6. The van der Waals surface area contributed by atoms with Crippen LogP contribution in [0.25, 0.3) is 0 Å². The monoisotopic (exact) mass is 376 g/mol. The summed E-state index contributed by atoms with van der Waals surface area (Å²) in [6, 6.07) is 4.95. The van der Waals surface area contributed by atoms with Gasteiger partial charge in [-0.1, -0.05) is 0 Å². The minimum Gasteiger partial charge on any atom is -0.454 e. The van der Waals surface area contributed by atoms with Crippen molar-refractivity contribution in [2.24, 2.45) is 0 Å². The SMILES string of the molecule is CN(C)CCCNC(=O)c1csc(NC(=O)c2ccc3c(c2)OCO3)n1. The predicted octanol–water partition coefficient (Wildman–Crippen LogP) is 1.81. The highest BCUT2D eigenvalue weighted by Gasteiger charge is 2.17. The third-order valence-electron chi connectivity index (χ3n) is 3.66. The quantitative estimate of drug-likeness (QED) is 0.716. The van der Waals surface area contributed by atoms with E-state index < -0.39 is 0 Å². The van der Waals surface area contributed by atoms with Gasteiger partial charge in [0.05, 0.1) is 0 Å². The maximum absolute atomic E-state index is 12.3. The Morgan fingerprint density at radius 2 is 2.04 bits per heavy atom. The van der Waals surface area contributed by atoms with E-state index in [0.29, 0.717) is 34.4 Å². The number of carbonyl (C=O) groups excluding carboxylic acids is 2. The van der Waals surface area contributed by atoms with E-state index in [1.807, 2.05) is 14.1 Å². The molecule has 0 aliphatic carbocycles. The molecule has 2 aromatic rings. The average molecular weight is 376 g/mol. The number of amides is 2. The predicted molar refractivity (Wildman–Crippen MR) is 98.1 cm³/mol. The van der Waals surface area contributed by atoms with E-state index >= 15 is 0 Å². The first kappa shape index (κ1) is 18.2. The smallest absolute Gasteiger partial charge is 0.270 e. The normalized spacial score (nSPS) is 12.3. The molecule has 0 saturated carbocycles. The number of ether oxygens (including phenoxy) is 2. The van der Waals surface area contributed by atoms with Crippen molar-refractivity contribution in [1.29, 1.82) is 0 Å². The van der Waals surface area contributed by atoms with Crippen molar-refractivity contribution in [3.05, 3.63) is 34.8 Å². The van der Waals surface area contributed by atoms with Crippen LogP contribution in [0.4, 0.5) is 5.13 Å². The summed E-state index contributed by atoms with van der Waals surface area (Å²) in [6.07, 6.45) is 0.858. The summed E-state index contributed by atoms with van der Waals surface area (Å²) in [5.41, 5.74) is 0.722. The summed E-state index contributed by atoms with van der Waals surface area (Å²) >= 11 is 1.20. The van der Waals surface area contributed by atoms with E-state index in [9.17, 15) is 9.59 Å². The summed E-state index contributed by atoms with van der Waals surface area (Å²) in [4.78, 5) is 30.6. The number of nitrogens with zero attached hydrogens (tertiary/aromatic N) is 2. The molecule has 0 atom stereocenters. The zero-order chi connectivity index (χ0) is 18.5. The first-order valence-corrected chi connectivity index (χ1v) is 9.00. The number of benzene rings is 1. The molecule has 1 aromatic heterocycles. The number of thiazole rings is 1. The van der Waals surface area contributed by atoms with Crippen molar-refractivity contribution in [2.45, 2.75) is 6.42 Å². The van der Waals surface area contributed by atoms with Gasteiger partial charge in [-0.25, -0.2) is 4.98 Å². The number of hydrogen-bond donors (Lipinski definition) is 2. The van der Waals surface area contributed by atoms with Crippen LogP contribution in [0, 0.1) is 0 Å². The Morgan fingerprint density at radius 1 is 1.23 bits per heavy atom. The second-order valence-electron chi connectivity index (χ2n) is 5.97. The lowest BCUT2D eigenvalue weighted by molar-refractivity contribution is 0.0946. The number of aromatic nitrogens is 1. The molecule has 1 aromatic carbocycles. The van der Waals surface area contributed by atoms with Gasteiger partial charge in [-0.3, -0.25) is 14.9 Å². The van der Waals surface area contributed by atoms with E-state index in [1.54, 1.807) is 23.6 Å². The van der Waals surface area contributed by atoms with E-state index in [2.05, 4.69) is 20.5 Å². The molecule has 2 heterocycles. The molecular formula is C17H20N4O4S. The summed E-state index contributed by atoms with van der Waals surface area (Å²) in [5, 5.41) is 7.50. The van der Waals surface area contributed by atoms with Gasteiger partial charge in [0.2, 0.25) is 6.79 Å². The van der Waals surface area contributed by atoms with Crippen LogP contribution in [0.1, 0.15) is 27.3 Å². The minimum absolute atomic E-state index is 0.153. The van der Waals surface area contributed by atoms with Crippen LogP contribution in [0.5, 0.6) is 11.5 Å². The Balaban J connectivity index is 1.54. The number of carbonyl (C=O) groups is 2. The second kappa shape index (κ2) is 8.15. The third-order valence-corrected chi connectivity index (χ3v) is 4.42. The van der Waals surface area contributed by atoms with Crippen LogP contribution in [-0.4, -0.2) is 55.7 Å². The lowest BCUT2D eigenvalue weighted by Crippen LogP contribution is -2.27. The Labute approximate surface area is 155 Å². The van der Waals surface area contributed by atoms with E-state index in [1.165, 1.54) is 11.3 Å². The largest absolute Gasteiger partial charge is 0.454 e. The molecule has 138 valence electrons. The zero-order valence-corrected chi connectivity index (χ0v) is 15.4. The summed E-state index contributed by atoms with van der Waals surface area (Å²) in [6.45, 7) is 1.63. The van der Waals surface area contributed by atoms with Crippen LogP contribution in [-0.2, 0) is 0 Å². The summed E-state index contributed by atoms with van der Waals surface area (Å²) in [7, 11) is 3.97. The van der Waals surface area contributed by atoms with Crippen molar-refractivity contribution in [1.82, 2.24) is 15.2 Å². The molecule has 1 aliphatic rings. The van der Waals surface area contributed by atoms with E-state index in [4.69, 9.17) is 9.47 Å². The van der Waals surface area contributed by atoms with Crippen molar-refractivity contribution >= 4 is 28.3 Å². The maximum Gasteiger partial charge on any atom is 0.270 e. The fourth-order valence-electron chi connectivity index (χ4n) is 2.33. The van der Waals surface area contributed by atoms with Crippen molar-refractivity contribution in [2.75, 3.05) is 39.3 Å². The van der Waals surface area contributed by atoms with Gasteiger partial charge in [0.1, 0.15) is 5.69 Å². The van der Waals surface area contributed by atoms with Crippen molar-refractivity contribution in [3.8, 4) is 11.5 Å². The molecule has 0 fully saturated rings. The van der Waals surface area contributed by atoms with Gasteiger partial charge in [-0.05, 0) is 45.3 Å². The molecule has 8 nitrogen and oxygen atoms in total. The number of nitrogens with one attached hydrogen (secondary N) is 2. The number of rotatable bonds is 7. The van der Waals surface area contributed by atoms with Crippen LogP contribution in [0.15, 0.2) is 23.6 Å². The maximum atomic E-state index is 12.3. The van der Waals surface area contributed by atoms with Crippen molar-refractivity contribution < 1.29 is 19.1 Å². The van der Waals surface area contributed by atoms with Gasteiger partial charge in [0.15, 0.2) is 16.6 Å². The molecule has 9 heteroatoms. The standard InChI is InChI=1S/C17H20N4O4S/c1-21(2)7-3-6-18-16(23)12-9-26-17(19-12)20-15(22)11-4-5-13-14(8-11)25-10-24-13/h4-5,8-9H,3,6-7,10H2,1-2H3,(H,18,23)(H,19,20,22). The highest BCUT2D eigenvalue weighted by Crippen LogP contribution is 2.32. The third kappa shape index (κ3) is 4.50. The lowest BCUT2D eigenvalue weighted by Gasteiger charge is -2.09. The summed E-state index contributed by atoms with van der Waals surface area (Å²) < 4.78 is 10.5. The molecule has 2 N–H and O–H groups in total. The molecule has 0 saturated heterocycles. The average Bonchev–Trinajstić information content (AvgIpc) is 3.26. The van der Waals surface area contributed by atoms with Gasteiger partial charge in [-0.2, -0.15) is 0 Å². The number of hydrogen-bond acceptors (Lipinski definition) is 7. The van der Waals surface area contributed by atoms with Gasteiger partial charge >= 0.3 is 0 Å². The fourth-order valence-corrected chi connectivity index (χ4v) is 3.02. The molecule has 0 bridgehead atoms. The molecule has 26 heavy (non-hydrogen) atoms.